The van der Waals surface area contributed by atoms with E-state index in [1.54, 1.807) is 54.6 Å². The van der Waals surface area contributed by atoms with E-state index in [4.69, 9.17) is 10.5 Å². The normalized spacial score (nSPS) is 11.5. The molecule has 0 heterocycles. The van der Waals surface area contributed by atoms with Crippen molar-refractivity contribution in [1.82, 2.24) is 0 Å². The molecular weight excluding hydrogens is 413 g/mol. The fourth-order valence-corrected chi connectivity index (χ4v) is 3.51. The SMILES string of the molecule is COc1cc(F)ccc1-c1ccc(N=C(N=O)c2c(N)c(O)c3ccccc3c2O)cc1. The van der Waals surface area contributed by atoms with Crippen LogP contribution >= 0.6 is 0 Å². The highest BCUT2D eigenvalue weighted by Gasteiger charge is 2.22. The van der Waals surface area contributed by atoms with Gasteiger partial charge in [0.05, 0.1) is 24.0 Å². The van der Waals surface area contributed by atoms with Gasteiger partial charge >= 0.3 is 0 Å². The van der Waals surface area contributed by atoms with Gasteiger partial charge in [0.1, 0.15) is 23.1 Å². The van der Waals surface area contributed by atoms with E-state index in [1.807, 2.05) is 0 Å². The van der Waals surface area contributed by atoms with Gasteiger partial charge in [-0.1, -0.05) is 36.4 Å². The molecule has 4 N–H and O–H groups in total. The third-order valence-corrected chi connectivity index (χ3v) is 5.09. The molecule has 160 valence electrons. The molecule has 8 heteroatoms. The van der Waals surface area contributed by atoms with E-state index in [0.717, 1.165) is 5.56 Å². The number of hydrogen-bond acceptors (Lipinski definition) is 6. The predicted molar refractivity (Wildman–Crippen MR) is 122 cm³/mol. The van der Waals surface area contributed by atoms with Crippen molar-refractivity contribution in [3.63, 3.8) is 0 Å². The molecule has 4 aromatic carbocycles. The Morgan fingerprint density at radius 3 is 2.25 bits per heavy atom. The van der Waals surface area contributed by atoms with Gasteiger partial charge in [-0.3, -0.25) is 0 Å². The highest BCUT2D eigenvalue weighted by Crippen LogP contribution is 2.42. The maximum absolute atomic E-state index is 13.5. The average Bonchev–Trinajstić information content (AvgIpc) is 2.82. The second-order valence-electron chi connectivity index (χ2n) is 6.95. The lowest BCUT2D eigenvalue weighted by Gasteiger charge is -2.12. The molecule has 0 atom stereocenters. The van der Waals surface area contributed by atoms with Crippen LogP contribution in [0.25, 0.3) is 21.9 Å². The van der Waals surface area contributed by atoms with E-state index in [2.05, 4.69) is 10.2 Å². The van der Waals surface area contributed by atoms with Crippen LogP contribution in [-0.4, -0.2) is 23.2 Å². The number of nitrogens with two attached hydrogens (primary N) is 1. The first kappa shape index (κ1) is 20.8. The van der Waals surface area contributed by atoms with Crippen molar-refractivity contribution in [3.8, 4) is 28.4 Å². The molecule has 4 aromatic rings. The molecule has 0 unspecified atom stereocenters. The van der Waals surface area contributed by atoms with Crippen molar-refractivity contribution in [3.05, 3.63) is 83.0 Å². The molecule has 7 nitrogen and oxygen atoms in total. The van der Waals surface area contributed by atoms with Gasteiger partial charge in [-0.2, -0.15) is 0 Å². The Bertz CT molecular complexity index is 1370. The van der Waals surface area contributed by atoms with Gasteiger partial charge in [0.25, 0.3) is 0 Å². The summed E-state index contributed by atoms with van der Waals surface area (Å²) in [6, 6.07) is 17.4. The average molecular weight is 431 g/mol. The third-order valence-electron chi connectivity index (χ3n) is 5.09. The number of anilines is 1. The van der Waals surface area contributed by atoms with Crippen molar-refractivity contribution >= 4 is 28.0 Å². The molecule has 0 saturated heterocycles. The molecule has 0 fully saturated rings. The van der Waals surface area contributed by atoms with Crippen molar-refractivity contribution < 1.29 is 19.3 Å². The quantitative estimate of drug-likeness (QED) is 0.0986. The van der Waals surface area contributed by atoms with E-state index in [0.29, 0.717) is 27.8 Å². The Morgan fingerprint density at radius 2 is 1.62 bits per heavy atom. The third kappa shape index (κ3) is 3.58. The Morgan fingerprint density at radius 1 is 0.969 bits per heavy atom. The topological polar surface area (TPSA) is 118 Å². The lowest BCUT2D eigenvalue weighted by Crippen LogP contribution is -2.03. The van der Waals surface area contributed by atoms with Crippen LogP contribution in [0.3, 0.4) is 0 Å². The molecule has 32 heavy (non-hydrogen) atoms. The van der Waals surface area contributed by atoms with Gasteiger partial charge in [-0.25, -0.2) is 9.38 Å². The monoisotopic (exact) mass is 431 g/mol. The fourth-order valence-electron chi connectivity index (χ4n) is 3.51. The summed E-state index contributed by atoms with van der Waals surface area (Å²) in [6.45, 7) is 0. The highest BCUT2D eigenvalue weighted by molar-refractivity contribution is 6.14. The molecule has 0 aromatic heterocycles. The molecule has 0 aliphatic carbocycles. The van der Waals surface area contributed by atoms with E-state index in [-0.39, 0.29) is 28.6 Å². The second-order valence-corrected chi connectivity index (χ2v) is 6.95. The van der Waals surface area contributed by atoms with Crippen molar-refractivity contribution in [2.75, 3.05) is 12.8 Å². The minimum atomic E-state index is -0.412. The van der Waals surface area contributed by atoms with E-state index >= 15 is 0 Å². The lowest BCUT2D eigenvalue weighted by atomic mass is 10.0. The van der Waals surface area contributed by atoms with Crippen LogP contribution in [-0.2, 0) is 0 Å². The van der Waals surface area contributed by atoms with Crippen LogP contribution in [0.2, 0.25) is 0 Å². The summed E-state index contributed by atoms with van der Waals surface area (Å²) < 4.78 is 18.7. The van der Waals surface area contributed by atoms with Crippen LogP contribution in [0, 0.1) is 10.7 Å². The number of methoxy groups -OCH3 is 1. The molecule has 0 saturated carbocycles. The summed E-state index contributed by atoms with van der Waals surface area (Å²) in [5, 5.41) is 24.7. The van der Waals surface area contributed by atoms with Gasteiger partial charge in [0.15, 0.2) is 0 Å². The first-order valence-corrected chi connectivity index (χ1v) is 9.53. The van der Waals surface area contributed by atoms with Crippen molar-refractivity contribution in [2.24, 2.45) is 10.2 Å². The summed E-state index contributed by atoms with van der Waals surface area (Å²) in [5.74, 6) is -0.996. The number of nitroso groups, excluding NO2 is 1. The maximum Gasteiger partial charge on any atom is 0.210 e. The summed E-state index contributed by atoms with van der Waals surface area (Å²) in [5.41, 5.74) is 7.42. The first-order chi connectivity index (χ1) is 15.4. The number of amidine groups is 1. The molecule has 0 aliphatic rings. The number of fused-ring (bicyclic) bond motifs is 1. The zero-order valence-electron chi connectivity index (χ0n) is 16.9. The summed E-state index contributed by atoms with van der Waals surface area (Å²) in [7, 11) is 1.45. The number of aromatic hydroxyl groups is 2. The number of hydrogen-bond donors (Lipinski definition) is 3. The number of phenolic OH excluding ortho intramolecular Hbond substituents is 2. The van der Waals surface area contributed by atoms with Crippen LogP contribution < -0.4 is 10.5 Å². The van der Waals surface area contributed by atoms with Crippen LogP contribution in [0.1, 0.15) is 5.56 Å². The van der Waals surface area contributed by atoms with E-state index in [1.165, 1.54) is 19.2 Å². The number of ether oxygens (including phenoxy) is 1. The smallest absolute Gasteiger partial charge is 0.210 e. The van der Waals surface area contributed by atoms with Crippen LogP contribution in [0.4, 0.5) is 15.8 Å². The van der Waals surface area contributed by atoms with Crippen LogP contribution in [0.15, 0.2) is 76.9 Å². The number of phenols is 2. The molecule has 4 rings (SSSR count). The number of rotatable bonds is 4. The Kier molecular flexibility index (Phi) is 5.43. The minimum absolute atomic E-state index is 0.152. The van der Waals surface area contributed by atoms with Gasteiger partial charge < -0.3 is 20.7 Å². The van der Waals surface area contributed by atoms with Crippen molar-refractivity contribution in [1.29, 1.82) is 0 Å². The number of halogens is 1. The molecule has 0 spiro atoms. The molecule has 0 radical (unpaired) electrons. The standard InChI is InChI=1S/C24H18FN3O4/c1-32-19-12-14(25)8-11-16(19)13-6-9-15(10-7-13)27-24(28-31)20-21(26)23(30)18-5-3-2-4-17(18)22(20)29/h2-12,29-30H,26H2,1H3. The molecule has 0 aliphatic heterocycles. The zero-order chi connectivity index (χ0) is 22.8. The number of aliphatic imine (C=N–C) groups is 1. The molecule has 0 amide bonds. The number of benzene rings is 4. The molecule has 0 bridgehead atoms. The fraction of sp³-hybridized carbons (Fsp3) is 0.0417. The summed E-state index contributed by atoms with van der Waals surface area (Å²) in [6.07, 6.45) is 0. The van der Waals surface area contributed by atoms with E-state index < -0.39 is 5.82 Å². The van der Waals surface area contributed by atoms with Gasteiger partial charge in [-0.05, 0) is 35.0 Å². The second kappa shape index (κ2) is 8.35. The van der Waals surface area contributed by atoms with Crippen molar-refractivity contribution in [2.45, 2.75) is 0 Å². The van der Waals surface area contributed by atoms with Gasteiger partial charge in [-0.15, -0.1) is 4.91 Å². The van der Waals surface area contributed by atoms with Gasteiger partial charge in [0.2, 0.25) is 5.84 Å². The Hall–Kier alpha value is -4.46. The largest absolute Gasteiger partial charge is 0.506 e. The first-order valence-electron chi connectivity index (χ1n) is 9.53. The number of nitrogens with zero attached hydrogens (tertiary/aromatic N) is 2. The highest BCUT2D eigenvalue weighted by atomic mass is 19.1. The van der Waals surface area contributed by atoms with E-state index in [9.17, 15) is 19.5 Å². The minimum Gasteiger partial charge on any atom is -0.506 e. The summed E-state index contributed by atoms with van der Waals surface area (Å²) >= 11 is 0. The number of nitrogen functional groups attached to an aromatic ring is 1. The lowest BCUT2D eigenvalue weighted by molar-refractivity contribution is 0.413. The Labute approximate surface area is 182 Å². The predicted octanol–water partition coefficient (Wildman–Crippen LogP) is 5.49. The summed E-state index contributed by atoms with van der Waals surface area (Å²) in [4.78, 5) is 15.8. The molecular formula is C24H18FN3O4. The Balaban J connectivity index is 1.78. The van der Waals surface area contributed by atoms with Crippen LogP contribution in [0.5, 0.6) is 17.2 Å². The maximum atomic E-state index is 13.5. The van der Waals surface area contributed by atoms with Gasteiger partial charge in [0, 0.05) is 22.4 Å². The zero-order valence-corrected chi connectivity index (χ0v) is 16.9.